The molecule has 0 aromatic heterocycles. The summed E-state index contributed by atoms with van der Waals surface area (Å²) in [6.07, 6.45) is 5.41. The van der Waals surface area contributed by atoms with E-state index in [4.69, 9.17) is 4.74 Å². The van der Waals surface area contributed by atoms with Gasteiger partial charge in [0.05, 0.1) is 12.5 Å². The highest BCUT2D eigenvalue weighted by Crippen LogP contribution is 2.43. The third kappa shape index (κ3) is 5.48. The molecule has 0 radical (unpaired) electrons. The van der Waals surface area contributed by atoms with E-state index in [9.17, 15) is 13.2 Å². The highest BCUT2D eigenvalue weighted by Gasteiger charge is 2.32. The molecule has 0 bridgehead atoms. The first-order valence-electron chi connectivity index (χ1n) is 10.2. The molecule has 2 aliphatic carbocycles. The Balaban J connectivity index is 1.46. The van der Waals surface area contributed by atoms with E-state index in [-0.39, 0.29) is 0 Å². The first-order chi connectivity index (χ1) is 12.4. The Kier molecular flexibility index (Phi) is 6.65. The van der Waals surface area contributed by atoms with Crippen molar-refractivity contribution in [1.82, 2.24) is 0 Å². The van der Waals surface area contributed by atoms with Crippen LogP contribution < -0.4 is 0 Å². The van der Waals surface area contributed by atoms with Gasteiger partial charge in [-0.1, -0.05) is 24.3 Å². The van der Waals surface area contributed by atoms with Crippen LogP contribution in [-0.2, 0) is 11.2 Å². The predicted molar refractivity (Wildman–Crippen MR) is 98.3 cm³/mol. The van der Waals surface area contributed by atoms with Gasteiger partial charge in [0, 0.05) is 6.61 Å². The second-order valence-electron chi connectivity index (χ2n) is 8.14. The zero-order chi connectivity index (χ0) is 18.6. The van der Waals surface area contributed by atoms with Crippen LogP contribution in [0.5, 0.6) is 0 Å². The second-order valence-corrected chi connectivity index (χ2v) is 8.14. The standard InChI is InChI=1S/C22H31F3O/c1-2-26-21-13-11-20(12-14-21)19-9-7-18(8-10-19)17-5-3-16(4-6-17)15-22(23,24)25/h3-6,18-21H,2,7-15H2,1H3/t18-,19-,20-,21-. The van der Waals surface area contributed by atoms with Gasteiger partial charge < -0.3 is 4.74 Å². The lowest BCUT2D eigenvalue weighted by Crippen LogP contribution is -2.28. The number of hydrogen-bond acceptors (Lipinski definition) is 1. The average Bonchev–Trinajstić information content (AvgIpc) is 2.62. The maximum absolute atomic E-state index is 12.5. The monoisotopic (exact) mass is 368 g/mol. The Morgan fingerprint density at radius 3 is 1.88 bits per heavy atom. The van der Waals surface area contributed by atoms with Crippen LogP contribution in [0.25, 0.3) is 0 Å². The summed E-state index contributed by atoms with van der Waals surface area (Å²) in [5.74, 6) is 2.20. The van der Waals surface area contributed by atoms with E-state index in [0.29, 0.717) is 17.6 Å². The Bertz CT molecular complexity index is 536. The number of benzene rings is 1. The Labute approximate surface area is 155 Å². The van der Waals surface area contributed by atoms with Gasteiger partial charge in [-0.25, -0.2) is 0 Å². The number of rotatable bonds is 5. The van der Waals surface area contributed by atoms with Crippen LogP contribution in [0.15, 0.2) is 24.3 Å². The van der Waals surface area contributed by atoms with E-state index in [2.05, 4.69) is 6.92 Å². The molecule has 0 spiro atoms. The van der Waals surface area contributed by atoms with Crippen LogP contribution in [0.3, 0.4) is 0 Å². The Morgan fingerprint density at radius 2 is 1.38 bits per heavy atom. The zero-order valence-corrected chi connectivity index (χ0v) is 15.7. The zero-order valence-electron chi connectivity index (χ0n) is 15.7. The van der Waals surface area contributed by atoms with Gasteiger partial charge in [0.15, 0.2) is 0 Å². The summed E-state index contributed by atoms with van der Waals surface area (Å²) in [6.45, 7) is 2.89. The molecule has 0 unspecified atom stereocenters. The molecule has 2 fully saturated rings. The fourth-order valence-corrected chi connectivity index (χ4v) is 5.03. The van der Waals surface area contributed by atoms with E-state index in [1.807, 2.05) is 12.1 Å². The van der Waals surface area contributed by atoms with Gasteiger partial charge in [-0.2, -0.15) is 13.2 Å². The number of alkyl halides is 3. The fraction of sp³-hybridized carbons (Fsp3) is 0.727. The predicted octanol–water partition coefficient (Wildman–Crippen LogP) is 6.66. The summed E-state index contributed by atoms with van der Waals surface area (Å²) >= 11 is 0. The van der Waals surface area contributed by atoms with Gasteiger partial charge in [0.2, 0.25) is 0 Å². The largest absolute Gasteiger partial charge is 0.393 e. The van der Waals surface area contributed by atoms with Gasteiger partial charge in [-0.05, 0) is 87.2 Å². The lowest BCUT2D eigenvalue weighted by molar-refractivity contribution is -0.127. The molecule has 0 aliphatic heterocycles. The molecular formula is C22H31F3O. The molecule has 0 atom stereocenters. The molecule has 0 amide bonds. The lowest BCUT2D eigenvalue weighted by Gasteiger charge is -2.38. The quantitative estimate of drug-likeness (QED) is 0.564. The normalized spacial score (nSPS) is 30.3. The van der Waals surface area contributed by atoms with Crippen molar-refractivity contribution in [3.05, 3.63) is 35.4 Å². The topological polar surface area (TPSA) is 9.23 Å². The smallest absolute Gasteiger partial charge is 0.379 e. The SMILES string of the molecule is CCO[C@H]1CC[C@H]([C@H]2CC[C@H](c3ccc(CC(F)(F)F)cc3)CC2)CC1. The van der Waals surface area contributed by atoms with Crippen molar-refractivity contribution in [1.29, 1.82) is 0 Å². The first kappa shape index (κ1) is 19.7. The van der Waals surface area contributed by atoms with Crippen molar-refractivity contribution >= 4 is 0 Å². The Hall–Kier alpha value is -1.03. The second kappa shape index (κ2) is 8.77. The highest BCUT2D eigenvalue weighted by atomic mass is 19.4. The van der Waals surface area contributed by atoms with E-state index in [0.717, 1.165) is 18.4 Å². The molecule has 0 saturated heterocycles. The van der Waals surface area contributed by atoms with Crippen LogP contribution >= 0.6 is 0 Å². The highest BCUT2D eigenvalue weighted by molar-refractivity contribution is 5.26. The minimum atomic E-state index is -4.12. The molecule has 1 aromatic carbocycles. The first-order valence-corrected chi connectivity index (χ1v) is 10.2. The van der Waals surface area contributed by atoms with Crippen LogP contribution in [0.2, 0.25) is 0 Å². The third-order valence-corrected chi connectivity index (χ3v) is 6.42. The molecule has 0 N–H and O–H groups in total. The summed E-state index contributed by atoms with van der Waals surface area (Å²) in [7, 11) is 0. The van der Waals surface area contributed by atoms with Gasteiger partial charge in [0.25, 0.3) is 0 Å². The average molecular weight is 368 g/mol. The summed E-state index contributed by atoms with van der Waals surface area (Å²) < 4.78 is 43.2. The lowest BCUT2D eigenvalue weighted by atomic mass is 9.69. The molecule has 4 heteroatoms. The van der Waals surface area contributed by atoms with Crippen molar-refractivity contribution in [2.24, 2.45) is 11.8 Å². The van der Waals surface area contributed by atoms with Gasteiger partial charge in [-0.15, -0.1) is 0 Å². The summed E-state index contributed by atoms with van der Waals surface area (Å²) in [6, 6.07) is 7.15. The molecular weight excluding hydrogens is 337 g/mol. The van der Waals surface area contributed by atoms with Crippen LogP contribution in [0.1, 0.15) is 75.3 Å². The summed E-state index contributed by atoms with van der Waals surface area (Å²) in [5, 5.41) is 0. The Morgan fingerprint density at radius 1 is 0.846 bits per heavy atom. The molecule has 2 aliphatic rings. The van der Waals surface area contributed by atoms with Crippen LogP contribution in [0, 0.1) is 11.8 Å². The molecule has 2 saturated carbocycles. The van der Waals surface area contributed by atoms with E-state index < -0.39 is 12.6 Å². The van der Waals surface area contributed by atoms with Gasteiger partial charge >= 0.3 is 6.18 Å². The molecule has 0 heterocycles. The molecule has 1 aromatic rings. The summed E-state index contributed by atoms with van der Waals surface area (Å²) in [4.78, 5) is 0. The van der Waals surface area contributed by atoms with E-state index >= 15 is 0 Å². The third-order valence-electron chi connectivity index (χ3n) is 6.42. The van der Waals surface area contributed by atoms with Crippen LogP contribution in [0.4, 0.5) is 13.2 Å². The van der Waals surface area contributed by atoms with Gasteiger partial charge in [-0.3, -0.25) is 0 Å². The van der Waals surface area contributed by atoms with Crippen molar-refractivity contribution in [2.45, 2.75) is 82.9 Å². The van der Waals surface area contributed by atoms with Crippen molar-refractivity contribution in [3.8, 4) is 0 Å². The van der Waals surface area contributed by atoms with Crippen molar-refractivity contribution < 1.29 is 17.9 Å². The van der Waals surface area contributed by atoms with Gasteiger partial charge in [0.1, 0.15) is 0 Å². The number of halogens is 3. The van der Waals surface area contributed by atoms with Crippen molar-refractivity contribution in [2.75, 3.05) is 6.61 Å². The maximum Gasteiger partial charge on any atom is 0.393 e. The van der Waals surface area contributed by atoms with Crippen LogP contribution in [-0.4, -0.2) is 18.9 Å². The molecule has 1 nitrogen and oxygen atoms in total. The van der Waals surface area contributed by atoms with Crippen molar-refractivity contribution in [3.63, 3.8) is 0 Å². The molecule has 26 heavy (non-hydrogen) atoms. The van der Waals surface area contributed by atoms with E-state index in [1.54, 1.807) is 12.1 Å². The number of hydrogen-bond donors (Lipinski definition) is 0. The van der Waals surface area contributed by atoms with E-state index in [1.165, 1.54) is 56.9 Å². The minimum absolute atomic E-state index is 0.362. The summed E-state index contributed by atoms with van der Waals surface area (Å²) in [5.41, 5.74) is 1.58. The maximum atomic E-state index is 12.5. The molecule has 146 valence electrons. The molecule has 3 rings (SSSR count). The number of ether oxygens (including phenoxy) is 1. The minimum Gasteiger partial charge on any atom is -0.379 e. The fourth-order valence-electron chi connectivity index (χ4n) is 5.03.